The molecule has 0 heterocycles. The van der Waals surface area contributed by atoms with Gasteiger partial charge in [0, 0.05) is 24.9 Å². The van der Waals surface area contributed by atoms with Crippen molar-refractivity contribution in [3.8, 4) is 0 Å². The van der Waals surface area contributed by atoms with Crippen LogP contribution in [0.2, 0.25) is 0 Å². The fraction of sp³-hybridized carbons (Fsp3) is 0.818. The predicted octanol–water partition coefficient (Wildman–Crippen LogP) is 1.49. The molecule has 2 atom stereocenters. The molecule has 0 rings (SSSR count). The summed E-state index contributed by atoms with van der Waals surface area (Å²) in [6.07, 6.45) is 1.98. The normalized spacial score (nSPS) is 13.9. The predicted molar refractivity (Wildman–Crippen MR) is 70.4 cm³/mol. The van der Waals surface area contributed by atoms with E-state index in [1.54, 1.807) is 18.7 Å². The molecule has 0 aliphatic heterocycles. The molecule has 100 valence electrons. The van der Waals surface area contributed by atoms with Crippen LogP contribution in [0, 0.1) is 5.92 Å². The molecule has 0 aromatic carbocycles. The van der Waals surface area contributed by atoms with E-state index in [4.69, 9.17) is 5.11 Å². The van der Waals surface area contributed by atoms with Crippen molar-refractivity contribution in [3.05, 3.63) is 0 Å². The van der Waals surface area contributed by atoms with Crippen molar-refractivity contribution < 1.29 is 14.7 Å². The first-order chi connectivity index (χ1) is 7.92. The molecule has 0 aliphatic carbocycles. The largest absolute Gasteiger partial charge is 0.481 e. The number of carboxylic acid groups (broad SMARTS) is 1. The van der Waals surface area contributed by atoms with Crippen molar-refractivity contribution in [1.29, 1.82) is 0 Å². The van der Waals surface area contributed by atoms with Crippen molar-refractivity contribution in [3.63, 3.8) is 0 Å². The van der Waals surface area contributed by atoms with Crippen molar-refractivity contribution in [1.82, 2.24) is 10.2 Å². The number of amides is 2. The van der Waals surface area contributed by atoms with Crippen LogP contribution in [0.5, 0.6) is 0 Å². The van der Waals surface area contributed by atoms with Crippen LogP contribution in [0.1, 0.15) is 20.8 Å². The second kappa shape index (κ2) is 8.22. The third kappa shape index (κ3) is 6.41. The Hall–Kier alpha value is -0.910. The monoisotopic (exact) mass is 262 g/mol. The van der Waals surface area contributed by atoms with Crippen LogP contribution in [0.4, 0.5) is 4.79 Å². The SMILES string of the molecule is CCN(CC(C)C(=O)O)C(=O)NC(C)CSC. The molecule has 17 heavy (non-hydrogen) atoms. The highest BCUT2D eigenvalue weighted by Gasteiger charge is 2.19. The molecule has 2 N–H and O–H groups in total. The Bertz CT molecular complexity index is 261. The molecule has 0 fully saturated rings. The van der Waals surface area contributed by atoms with Crippen LogP contribution in [-0.2, 0) is 4.79 Å². The number of hydrogen-bond donors (Lipinski definition) is 2. The molecule has 0 saturated heterocycles. The molecule has 5 nitrogen and oxygen atoms in total. The average molecular weight is 262 g/mol. The Balaban J connectivity index is 4.25. The highest BCUT2D eigenvalue weighted by molar-refractivity contribution is 7.98. The van der Waals surface area contributed by atoms with Gasteiger partial charge >= 0.3 is 12.0 Å². The highest BCUT2D eigenvalue weighted by Crippen LogP contribution is 2.02. The van der Waals surface area contributed by atoms with E-state index >= 15 is 0 Å². The molecule has 0 radical (unpaired) electrons. The molecule has 0 bridgehead atoms. The van der Waals surface area contributed by atoms with E-state index in [2.05, 4.69) is 5.32 Å². The molecule has 0 spiro atoms. The van der Waals surface area contributed by atoms with E-state index in [-0.39, 0.29) is 18.6 Å². The molecule has 0 saturated carbocycles. The smallest absolute Gasteiger partial charge is 0.317 e. The van der Waals surface area contributed by atoms with Gasteiger partial charge in [-0.15, -0.1) is 0 Å². The Morgan fingerprint density at radius 2 is 2.00 bits per heavy atom. The van der Waals surface area contributed by atoms with Crippen LogP contribution in [0.15, 0.2) is 0 Å². The van der Waals surface area contributed by atoms with Gasteiger partial charge in [0.25, 0.3) is 0 Å². The summed E-state index contributed by atoms with van der Waals surface area (Å²) in [6, 6.07) is -0.103. The molecule has 2 unspecified atom stereocenters. The summed E-state index contributed by atoms with van der Waals surface area (Å²) < 4.78 is 0. The van der Waals surface area contributed by atoms with Gasteiger partial charge in [0.2, 0.25) is 0 Å². The lowest BCUT2D eigenvalue weighted by Gasteiger charge is -2.25. The topological polar surface area (TPSA) is 69.6 Å². The zero-order valence-corrected chi connectivity index (χ0v) is 11.7. The van der Waals surface area contributed by atoms with E-state index in [1.807, 2.05) is 20.1 Å². The molecule has 2 amide bonds. The summed E-state index contributed by atoms with van der Waals surface area (Å²) in [5, 5.41) is 11.7. The number of hydrogen-bond acceptors (Lipinski definition) is 3. The Morgan fingerprint density at radius 3 is 2.41 bits per heavy atom. The minimum Gasteiger partial charge on any atom is -0.481 e. The van der Waals surface area contributed by atoms with Crippen LogP contribution in [0.3, 0.4) is 0 Å². The third-order valence-corrected chi connectivity index (χ3v) is 3.20. The number of urea groups is 1. The van der Waals surface area contributed by atoms with Crippen LogP contribution in [-0.4, -0.2) is 53.1 Å². The van der Waals surface area contributed by atoms with E-state index < -0.39 is 11.9 Å². The number of carboxylic acids is 1. The van der Waals surface area contributed by atoms with Gasteiger partial charge in [-0.1, -0.05) is 6.92 Å². The van der Waals surface area contributed by atoms with E-state index in [0.29, 0.717) is 6.54 Å². The molecule has 6 heteroatoms. The van der Waals surface area contributed by atoms with E-state index in [9.17, 15) is 9.59 Å². The maximum atomic E-state index is 11.8. The van der Waals surface area contributed by atoms with Crippen molar-refractivity contribution >= 4 is 23.8 Å². The van der Waals surface area contributed by atoms with Crippen molar-refractivity contribution in [2.24, 2.45) is 5.92 Å². The number of carbonyl (C=O) groups is 2. The van der Waals surface area contributed by atoms with Gasteiger partial charge in [-0.3, -0.25) is 4.79 Å². The van der Waals surface area contributed by atoms with Gasteiger partial charge in [0.1, 0.15) is 0 Å². The summed E-state index contributed by atoms with van der Waals surface area (Å²) in [6.45, 7) is 6.12. The van der Waals surface area contributed by atoms with Gasteiger partial charge in [0.15, 0.2) is 0 Å². The third-order valence-electron chi connectivity index (χ3n) is 2.37. The van der Waals surface area contributed by atoms with Crippen molar-refractivity contribution in [2.75, 3.05) is 25.1 Å². The van der Waals surface area contributed by atoms with Crippen LogP contribution < -0.4 is 5.32 Å². The highest BCUT2D eigenvalue weighted by atomic mass is 32.2. The zero-order valence-electron chi connectivity index (χ0n) is 10.9. The number of aliphatic carboxylic acids is 1. The number of nitrogens with zero attached hydrogens (tertiary/aromatic N) is 1. The first kappa shape index (κ1) is 16.1. The number of thioether (sulfide) groups is 1. The minimum absolute atomic E-state index is 0.0895. The fourth-order valence-corrected chi connectivity index (χ4v) is 1.94. The van der Waals surface area contributed by atoms with Gasteiger partial charge in [0.05, 0.1) is 5.92 Å². The lowest BCUT2D eigenvalue weighted by Crippen LogP contribution is -2.46. The summed E-state index contributed by atoms with van der Waals surface area (Å²) in [5.41, 5.74) is 0. The molecule has 0 aromatic rings. The van der Waals surface area contributed by atoms with Gasteiger partial charge in [-0.2, -0.15) is 11.8 Å². The molecule has 0 aromatic heterocycles. The lowest BCUT2D eigenvalue weighted by molar-refractivity contribution is -0.141. The van der Waals surface area contributed by atoms with Gasteiger partial charge < -0.3 is 15.3 Å². The van der Waals surface area contributed by atoms with Crippen LogP contribution >= 0.6 is 11.8 Å². The Labute approximate surface area is 107 Å². The van der Waals surface area contributed by atoms with Crippen LogP contribution in [0.25, 0.3) is 0 Å². The van der Waals surface area contributed by atoms with Crippen molar-refractivity contribution in [2.45, 2.75) is 26.8 Å². The Morgan fingerprint density at radius 1 is 1.41 bits per heavy atom. The number of carbonyl (C=O) groups excluding carboxylic acids is 1. The maximum Gasteiger partial charge on any atom is 0.317 e. The Kier molecular flexibility index (Phi) is 7.78. The standard InChI is InChI=1S/C11H22N2O3S/c1-5-13(6-8(2)10(14)15)11(16)12-9(3)7-17-4/h8-9H,5-7H2,1-4H3,(H,12,16)(H,14,15). The minimum atomic E-state index is -0.881. The molecule has 0 aliphatic rings. The van der Waals surface area contributed by atoms with Gasteiger partial charge in [-0.25, -0.2) is 4.79 Å². The zero-order chi connectivity index (χ0) is 13.4. The summed E-state index contributed by atoms with van der Waals surface area (Å²) in [7, 11) is 0. The maximum absolute atomic E-state index is 11.8. The van der Waals surface area contributed by atoms with Gasteiger partial charge in [-0.05, 0) is 20.1 Å². The first-order valence-corrected chi connectivity index (χ1v) is 7.08. The summed E-state index contributed by atoms with van der Waals surface area (Å²) in [5.74, 6) is -0.581. The quantitative estimate of drug-likeness (QED) is 0.729. The second-order valence-electron chi connectivity index (χ2n) is 4.08. The fourth-order valence-electron chi connectivity index (χ4n) is 1.36. The lowest BCUT2D eigenvalue weighted by atomic mass is 10.2. The number of rotatable bonds is 7. The second-order valence-corrected chi connectivity index (χ2v) is 4.99. The first-order valence-electron chi connectivity index (χ1n) is 5.69. The van der Waals surface area contributed by atoms with E-state index in [1.165, 1.54) is 4.90 Å². The average Bonchev–Trinajstić information content (AvgIpc) is 2.25. The molecular formula is C11H22N2O3S. The number of nitrogens with one attached hydrogen (secondary N) is 1. The molecular weight excluding hydrogens is 240 g/mol. The summed E-state index contributed by atoms with van der Waals surface area (Å²) >= 11 is 1.66. The summed E-state index contributed by atoms with van der Waals surface area (Å²) in [4.78, 5) is 24.1. The van der Waals surface area contributed by atoms with E-state index in [0.717, 1.165) is 5.75 Å².